The maximum absolute atomic E-state index is 11.3. The maximum Gasteiger partial charge on any atom is 0.335 e. The lowest BCUT2D eigenvalue weighted by Gasteiger charge is -2.09. The lowest BCUT2D eigenvalue weighted by atomic mass is 10.2. The Morgan fingerprint density at radius 2 is 2.13 bits per heavy atom. The zero-order chi connectivity index (χ0) is 11.7. The van der Waals surface area contributed by atoms with Gasteiger partial charge in [0, 0.05) is 5.92 Å². The molecule has 0 N–H and O–H groups in total. The minimum Gasteiger partial charge on any atom is -0.462 e. The Bertz CT molecular complexity index is 243. The van der Waals surface area contributed by atoms with Gasteiger partial charge in [-0.2, -0.15) is 0 Å². The predicted octanol–water partition coefficient (Wildman–Crippen LogP) is 2.11. The third-order valence-electron chi connectivity index (χ3n) is 1.68. The number of ether oxygens (including phenoxy) is 2. The molecule has 0 aromatic heterocycles. The van der Waals surface area contributed by atoms with E-state index < -0.39 is 5.97 Å². The summed E-state index contributed by atoms with van der Waals surface area (Å²) < 4.78 is 10.0. The van der Waals surface area contributed by atoms with Crippen LogP contribution >= 0.6 is 0 Å². The van der Waals surface area contributed by atoms with Crippen LogP contribution in [0, 0.1) is 5.92 Å². The largest absolute Gasteiger partial charge is 0.462 e. The van der Waals surface area contributed by atoms with Crippen LogP contribution in [-0.2, 0) is 14.3 Å². The van der Waals surface area contributed by atoms with E-state index in [9.17, 15) is 4.79 Å². The molecule has 0 saturated carbocycles. The molecule has 0 amide bonds. The Balaban J connectivity index is 3.74. The monoisotopic (exact) mass is 210 g/mol. The first kappa shape index (κ1) is 13.7. The Morgan fingerprint density at radius 1 is 1.47 bits per heavy atom. The second-order valence-electron chi connectivity index (χ2n) is 3.22. The number of carbonyl (C=O) groups excluding carboxylic acids is 1. The third kappa shape index (κ3) is 6.69. The summed E-state index contributed by atoms with van der Waals surface area (Å²) in [4.78, 5) is 11.3. The predicted molar refractivity (Wildman–Crippen MR) is 60.5 cm³/mol. The van der Waals surface area contributed by atoms with Crippen molar-refractivity contribution in [2.45, 2.75) is 6.92 Å². The minimum absolute atomic E-state index is 0.149. The van der Waals surface area contributed by atoms with E-state index in [1.807, 2.05) is 6.92 Å². The molecular weight excluding hydrogens is 192 g/mol. The van der Waals surface area contributed by atoms with Gasteiger partial charge >= 0.3 is 5.97 Å². The highest BCUT2D eigenvalue weighted by Crippen LogP contribution is 2.01. The van der Waals surface area contributed by atoms with Gasteiger partial charge in [-0.05, 0) is 0 Å². The van der Waals surface area contributed by atoms with Crippen LogP contribution < -0.4 is 0 Å². The molecule has 84 valence electrons. The zero-order valence-electron chi connectivity index (χ0n) is 9.20. The SMILES string of the molecule is C=CCOCC(=C)C(=O)OCC(C)C=C. The van der Waals surface area contributed by atoms with E-state index in [4.69, 9.17) is 9.47 Å². The molecule has 0 rings (SSSR count). The van der Waals surface area contributed by atoms with E-state index in [0.717, 1.165) is 0 Å². The average Bonchev–Trinajstić information content (AvgIpc) is 2.25. The van der Waals surface area contributed by atoms with Crippen LogP contribution in [0.5, 0.6) is 0 Å². The molecule has 3 heteroatoms. The Morgan fingerprint density at radius 3 is 2.67 bits per heavy atom. The van der Waals surface area contributed by atoms with Crippen LogP contribution in [-0.4, -0.2) is 25.8 Å². The Labute approximate surface area is 91.1 Å². The standard InChI is InChI=1S/C12H18O3/c1-5-7-14-9-11(4)12(13)15-8-10(3)6-2/h5-6,10H,1-2,4,7-9H2,3H3. The molecule has 0 aromatic rings. The Hall–Kier alpha value is -1.35. The molecule has 15 heavy (non-hydrogen) atoms. The first-order valence-corrected chi connectivity index (χ1v) is 4.78. The number of carbonyl (C=O) groups is 1. The van der Waals surface area contributed by atoms with Gasteiger partial charge in [0.1, 0.15) is 0 Å². The topological polar surface area (TPSA) is 35.5 Å². The van der Waals surface area contributed by atoms with E-state index in [0.29, 0.717) is 18.8 Å². The van der Waals surface area contributed by atoms with Gasteiger partial charge in [0.15, 0.2) is 0 Å². The van der Waals surface area contributed by atoms with Gasteiger partial charge in [-0.3, -0.25) is 0 Å². The fourth-order valence-electron chi connectivity index (χ4n) is 0.702. The first-order valence-electron chi connectivity index (χ1n) is 4.78. The van der Waals surface area contributed by atoms with Crippen molar-refractivity contribution in [3.8, 4) is 0 Å². The van der Waals surface area contributed by atoms with Gasteiger partial charge in [0.05, 0.1) is 25.4 Å². The molecule has 0 heterocycles. The molecule has 0 bridgehead atoms. The highest BCUT2D eigenvalue weighted by molar-refractivity contribution is 5.87. The second kappa shape index (κ2) is 8.00. The van der Waals surface area contributed by atoms with Gasteiger partial charge in [-0.15, -0.1) is 13.2 Å². The van der Waals surface area contributed by atoms with Crippen molar-refractivity contribution in [1.29, 1.82) is 0 Å². The zero-order valence-corrected chi connectivity index (χ0v) is 9.20. The summed E-state index contributed by atoms with van der Waals surface area (Å²) in [6.07, 6.45) is 3.34. The summed E-state index contributed by atoms with van der Waals surface area (Å²) in [5.41, 5.74) is 0.313. The molecule has 0 radical (unpaired) electrons. The second-order valence-corrected chi connectivity index (χ2v) is 3.22. The van der Waals surface area contributed by atoms with E-state index in [-0.39, 0.29) is 12.5 Å². The summed E-state index contributed by atoms with van der Waals surface area (Å²) in [7, 11) is 0. The molecule has 0 aliphatic heterocycles. The van der Waals surface area contributed by atoms with Crippen molar-refractivity contribution < 1.29 is 14.3 Å². The number of hydrogen-bond donors (Lipinski definition) is 0. The van der Waals surface area contributed by atoms with Gasteiger partial charge in [-0.25, -0.2) is 4.79 Å². The summed E-state index contributed by atoms with van der Waals surface area (Å²) >= 11 is 0. The number of hydrogen-bond acceptors (Lipinski definition) is 3. The van der Waals surface area contributed by atoms with Gasteiger partial charge < -0.3 is 9.47 Å². The quantitative estimate of drug-likeness (QED) is 0.266. The van der Waals surface area contributed by atoms with Crippen LogP contribution in [0.2, 0.25) is 0 Å². The molecule has 0 fully saturated rings. The van der Waals surface area contributed by atoms with Crippen molar-refractivity contribution in [2.75, 3.05) is 19.8 Å². The van der Waals surface area contributed by atoms with Crippen LogP contribution in [0.3, 0.4) is 0 Å². The molecule has 0 aliphatic rings. The molecule has 0 aliphatic carbocycles. The smallest absolute Gasteiger partial charge is 0.335 e. The number of rotatable bonds is 8. The first-order chi connectivity index (χ1) is 7.11. The van der Waals surface area contributed by atoms with E-state index in [2.05, 4.69) is 19.7 Å². The molecule has 0 aromatic carbocycles. The van der Waals surface area contributed by atoms with Gasteiger partial charge in [-0.1, -0.05) is 25.7 Å². The fourth-order valence-corrected chi connectivity index (χ4v) is 0.702. The van der Waals surface area contributed by atoms with E-state index in [1.165, 1.54) is 0 Å². The van der Waals surface area contributed by atoms with Crippen molar-refractivity contribution in [1.82, 2.24) is 0 Å². The average molecular weight is 210 g/mol. The maximum atomic E-state index is 11.3. The molecule has 3 nitrogen and oxygen atoms in total. The summed E-state index contributed by atoms with van der Waals surface area (Å²) in [5.74, 6) is -0.274. The third-order valence-corrected chi connectivity index (χ3v) is 1.68. The van der Waals surface area contributed by atoms with Crippen molar-refractivity contribution in [3.63, 3.8) is 0 Å². The van der Waals surface area contributed by atoms with Crippen molar-refractivity contribution in [2.24, 2.45) is 5.92 Å². The van der Waals surface area contributed by atoms with Crippen molar-refractivity contribution in [3.05, 3.63) is 37.5 Å². The highest BCUT2D eigenvalue weighted by atomic mass is 16.5. The van der Waals surface area contributed by atoms with Crippen LogP contribution in [0.15, 0.2) is 37.5 Å². The summed E-state index contributed by atoms with van der Waals surface area (Å²) in [6.45, 7) is 13.5. The van der Waals surface area contributed by atoms with E-state index >= 15 is 0 Å². The van der Waals surface area contributed by atoms with Crippen LogP contribution in [0.1, 0.15) is 6.92 Å². The molecule has 0 spiro atoms. The minimum atomic E-state index is -0.423. The molecule has 1 unspecified atom stereocenters. The number of esters is 1. The van der Waals surface area contributed by atoms with Crippen LogP contribution in [0.4, 0.5) is 0 Å². The van der Waals surface area contributed by atoms with Crippen LogP contribution in [0.25, 0.3) is 0 Å². The van der Waals surface area contributed by atoms with E-state index in [1.54, 1.807) is 12.2 Å². The summed E-state index contributed by atoms with van der Waals surface area (Å²) in [6, 6.07) is 0. The molecular formula is C12H18O3. The lowest BCUT2D eigenvalue weighted by Crippen LogP contribution is -2.15. The fraction of sp³-hybridized carbons (Fsp3) is 0.417. The normalized spacial score (nSPS) is 11.5. The molecule has 0 saturated heterocycles. The van der Waals surface area contributed by atoms with Crippen molar-refractivity contribution >= 4 is 5.97 Å². The van der Waals surface area contributed by atoms with Gasteiger partial charge in [0.25, 0.3) is 0 Å². The lowest BCUT2D eigenvalue weighted by molar-refractivity contribution is -0.140. The molecule has 1 atom stereocenters. The summed E-state index contributed by atoms with van der Waals surface area (Å²) in [5, 5.41) is 0. The Kier molecular flexibility index (Phi) is 7.28. The van der Waals surface area contributed by atoms with Gasteiger partial charge in [0.2, 0.25) is 0 Å². The highest BCUT2D eigenvalue weighted by Gasteiger charge is 2.09.